The van der Waals surface area contributed by atoms with Gasteiger partial charge in [0.1, 0.15) is 18.2 Å². The zero-order valence-electron chi connectivity index (χ0n) is 16.7. The largest absolute Gasteiger partial charge is 0.586 e. The molecule has 12 heteroatoms. The van der Waals surface area contributed by atoms with Gasteiger partial charge in [-0.05, 0) is 34.9 Å². The number of amides is 1. The van der Waals surface area contributed by atoms with Gasteiger partial charge in [0.25, 0.3) is 5.91 Å². The molecule has 1 amide bonds. The normalized spacial score (nSPS) is 16.1. The quantitative estimate of drug-likeness (QED) is 0.399. The predicted octanol–water partition coefficient (Wildman–Crippen LogP) is 5.42. The van der Waals surface area contributed by atoms with Crippen LogP contribution in [-0.4, -0.2) is 28.5 Å². The molecule has 0 saturated carbocycles. The Balaban J connectivity index is 1.62. The predicted molar refractivity (Wildman–Crippen MR) is 109 cm³/mol. The Kier molecular flexibility index (Phi) is 4.75. The number of carbonyl (C=O) groups excluding carboxylic acids is 1. The summed E-state index contributed by atoms with van der Waals surface area (Å²) in [5.74, 6) is -2.72. The number of carbonyl (C=O) groups is 1. The van der Waals surface area contributed by atoms with Crippen LogP contribution >= 0.6 is 7.95 Å². The first kappa shape index (κ1) is 21.1. The van der Waals surface area contributed by atoms with E-state index >= 15 is 0 Å². The molecule has 1 aromatic heterocycles. The van der Waals surface area contributed by atoms with Crippen molar-refractivity contribution in [3.05, 3.63) is 65.4 Å². The molecule has 3 aromatic rings. The molecule has 1 atom stereocenters. The average Bonchev–Trinajstić information content (AvgIpc) is 3.22. The molecule has 0 radical (unpaired) electrons. The Morgan fingerprint density at radius 2 is 1.76 bits per heavy atom. The third-order valence-electron chi connectivity index (χ3n) is 5.08. The van der Waals surface area contributed by atoms with Crippen LogP contribution in [-0.2, 0) is 11.1 Å². The maximum Gasteiger partial charge on any atom is 0.586 e. The molecule has 5 rings (SSSR count). The Morgan fingerprint density at radius 3 is 2.45 bits per heavy atom. The number of anilines is 2. The van der Waals surface area contributed by atoms with Gasteiger partial charge in [-0.2, -0.15) is 0 Å². The number of hydrogen-bond acceptors (Lipinski definition) is 6. The smallest absolute Gasteiger partial charge is 0.395 e. The number of fused-ring (bicyclic) bond motifs is 2. The Labute approximate surface area is 184 Å². The van der Waals surface area contributed by atoms with Crippen LogP contribution in [0.15, 0.2) is 42.5 Å². The summed E-state index contributed by atoms with van der Waals surface area (Å²) in [4.78, 5) is 17.1. The highest BCUT2D eigenvalue weighted by Gasteiger charge is 2.44. The minimum atomic E-state index is -3.81. The maximum atomic E-state index is 14.4. The summed E-state index contributed by atoms with van der Waals surface area (Å²) >= 11 is 0. The number of alkyl halides is 2. The van der Waals surface area contributed by atoms with E-state index in [-0.39, 0.29) is 46.4 Å². The molecule has 0 aliphatic carbocycles. The molecule has 7 nitrogen and oxygen atoms in total. The highest BCUT2D eigenvalue weighted by Crippen LogP contribution is 2.44. The lowest BCUT2D eigenvalue weighted by molar-refractivity contribution is -0.286. The molecular weight excluding hydrogens is 465 g/mol. The number of rotatable bonds is 4. The third kappa shape index (κ3) is 3.64. The van der Waals surface area contributed by atoms with Gasteiger partial charge >= 0.3 is 14.2 Å². The Morgan fingerprint density at radius 1 is 1.06 bits per heavy atom. The van der Waals surface area contributed by atoms with Crippen molar-refractivity contribution in [3.63, 3.8) is 0 Å². The fraction of sp³-hybridized carbons (Fsp3) is 0.143. The molecule has 1 N–H and O–H groups in total. The number of pyridine rings is 1. The summed E-state index contributed by atoms with van der Waals surface area (Å²) in [6.45, 7) is 1.23. The van der Waals surface area contributed by atoms with Crippen LogP contribution in [0.4, 0.5) is 28.9 Å². The molecule has 1 unspecified atom stereocenters. The fourth-order valence-electron chi connectivity index (χ4n) is 3.67. The van der Waals surface area contributed by atoms with E-state index in [1.807, 2.05) is 0 Å². The van der Waals surface area contributed by atoms with Crippen molar-refractivity contribution in [1.82, 2.24) is 9.65 Å². The number of nitrogens with zero attached hydrogens (tertiary/aromatic N) is 2. The summed E-state index contributed by atoms with van der Waals surface area (Å²) < 4.78 is 77.4. The minimum Gasteiger partial charge on any atom is -0.395 e. The van der Waals surface area contributed by atoms with Crippen LogP contribution in [0.5, 0.6) is 11.5 Å². The van der Waals surface area contributed by atoms with Crippen LogP contribution in [0.2, 0.25) is 0 Å². The first-order valence-corrected chi connectivity index (χ1v) is 11.2. The molecular formula is C21H13F4N3O4P+. The molecule has 2 aliphatic rings. The van der Waals surface area contributed by atoms with E-state index in [0.29, 0.717) is 0 Å². The van der Waals surface area contributed by atoms with Crippen molar-refractivity contribution in [2.45, 2.75) is 12.8 Å². The second kappa shape index (κ2) is 7.41. The molecule has 168 valence electrons. The van der Waals surface area contributed by atoms with Gasteiger partial charge in [-0.1, -0.05) is 6.07 Å². The van der Waals surface area contributed by atoms with E-state index in [1.54, 1.807) is 0 Å². The van der Waals surface area contributed by atoms with Crippen molar-refractivity contribution in [1.29, 1.82) is 0 Å². The van der Waals surface area contributed by atoms with E-state index < -0.39 is 37.4 Å². The topological polar surface area (TPSA) is 80.8 Å². The van der Waals surface area contributed by atoms with Crippen LogP contribution in [0, 0.1) is 11.6 Å². The highest BCUT2D eigenvalue weighted by molar-refractivity contribution is 7.42. The van der Waals surface area contributed by atoms with Gasteiger partial charge < -0.3 is 14.8 Å². The van der Waals surface area contributed by atoms with Crippen molar-refractivity contribution in [2.24, 2.45) is 0 Å². The summed E-state index contributed by atoms with van der Waals surface area (Å²) in [5.41, 5.74) is 0.0626. The fourth-order valence-corrected chi connectivity index (χ4v) is 4.36. The second-order valence-electron chi connectivity index (χ2n) is 7.25. The third-order valence-corrected chi connectivity index (χ3v) is 6.08. The number of hydrogen-bond donors (Lipinski definition) is 1. The van der Waals surface area contributed by atoms with Gasteiger partial charge in [-0.3, -0.25) is 4.79 Å². The highest BCUT2D eigenvalue weighted by atomic mass is 31.1. The van der Waals surface area contributed by atoms with Crippen LogP contribution in [0.1, 0.15) is 16.1 Å². The van der Waals surface area contributed by atoms with E-state index in [1.165, 1.54) is 37.0 Å². The number of ether oxygens (including phenoxy) is 2. The summed E-state index contributed by atoms with van der Waals surface area (Å²) in [5, 5.41) is 2.89. The van der Waals surface area contributed by atoms with Crippen LogP contribution < -0.4 is 14.8 Å². The summed E-state index contributed by atoms with van der Waals surface area (Å²) in [7, 11) is -2.05. The molecule has 2 aliphatic heterocycles. The van der Waals surface area contributed by atoms with E-state index in [9.17, 15) is 26.9 Å². The first-order valence-electron chi connectivity index (χ1n) is 9.51. The summed E-state index contributed by atoms with van der Waals surface area (Å²) in [6, 6.07) is 8.48. The minimum absolute atomic E-state index is 0.0590. The van der Waals surface area contributed by atoms with Crippen molar-refractivity contribution < 1.29 is 36.4 Å². The van der Waals surface area contributed by atoms with E-state index in [2.05, 4.69) is 19.8 Å². The lowest BCUT2D eigenvalue weighted by Gasteiger charge is -2.13. The van der Waals surface area contributed by atoms with E-state index in [4.69, 9.17) is 0 Å². The number of nitrogens with one attached hydrogen (secondary N) is 1. The second-order valence-corrected chi connectivity index (χ2v) is 8.67. The molecule has 0 spiro atoms. The van der Waals surface area contributed by atoms with Crippen molar-refractivity contribution in [2.75, 3.05) is 12.0 Å². The van der Waals surface area contributed by atoms with Gasteiger partial charge in [0.15, 0.2) is 18.2 Å². The molecule has 33 heavy (non-hydrogen) atoms. The molecule has 2 aromatic carbocycles. The van der Waals surface area contributed by atoms with Gasteiger partial charge in [0.05, 0.1) is 28.2 Å². The number of aromatic nitrogens is 1. The van der Waals surface area contributed by atoms with Gasteiger partial charge in [0, 0.05) is 11.8 Å². The summed E-state index contributed by atoms with van der Waals surface area (Å²) in [6.07, 6.45) is -3.81. The maximum absolute atomic E-state index is 14.4. The van der Waals surface area contributed by atoms with Gasteiger partial charge in [-0.15, -0.1) is 13.5 Å². The van der Waals surface area contributed by atoms with Crippen molar-refractivity contribution >= 4 is 25.2 Å². The van der Waals surface area contributed by atoms with Crippen LogP contribution in [0.3, 0.4) is 0 Å². The molecule has 0 saturated heterocycles. The number of benzene rings is 2. The zero-order chi connectivity index (χ0) is 23.5. The standard InChI is InChI=1S/C21H12F4N3O4P/c1-33(30)28-9-15-19(20(28)29)14(8-13(27-15)18-11(22)3-2-4-12(18)23)26-10-5-6-16-17(7-10)32-21(24,25)31-16/h2-8H,9H2,1H3/p+1. The first-order chi connectivity index (χ1) is 15.6. The monoisotopic (exact) mass is 478 g/mol. The Bertz CT molecular complexity index is 1330. The number of halogens is 4. The zero-order valence-corrected chi connectivity index (χ0v) is 17.6. The van der Waals surface area contributed by atoms with Crippen LogP contribution in [0.25, 0.3) is 11.3 Å². The van der Waals surface area contributed by atoms with Gasteiger partial charge in [-0.25, -0.2) is 13.8 Å². The van der Waals surface area contributed by atoms with E-state index in [0.717, 1.165) is 16.8 Å². The SMILES string of the molecule is C[P+](=O)N1Cc2nc(-c3c(F)cccc3F)cc(Nc3ccc4c(c3)OC(F)(F)O4)c2C1=O. The Hall–Kier alpha value is -3.72. The molecule has 0 bridgehead atoms. The lowest BCUT2D eigenvalue weighted by atomic mass is 10.1. The molecule has 3 heterocycles. The average molecular weight is 478 g/mol. The van der Waals surface area contributed by atoms with Crippen molar-refractivity contribution in [3.8, 4) is 22.8 Å². The lowest BCUT2D eigenvalue weighted by Crippen LogP contribution is -2.25. The molecule has 0 fully saturated rings. The van der Waals surface area contributed by atoms with Gasteiger partial charge in [0.2, 0.25) is 0 Å².